The molecule has 2 amide bonds. The molecule has 1 saturated heterocycles. The number of carbonyl (C=O) groups excluding carboxylic acids is 2. The zero-order valence-corrected chi connectivity index (χ0v) is 12.3. The molecule has 21 heavy (non-hydrogen) atoms. The molecule has 0 radical (unpaired) electrons. The lowest BCUT2D eigenvalue weighted by atomic mass is 9.96. The largest absolute Gasteiger partial charge is 0.339 e. The second kappa shape index (κ2) is 5.85. The molecule has 2 aliphatic heterocycles. The highest BCUT2D eigenvalue weighted by Crippen LogP contribution is 2.25. The zero-order valence-electron chi connectivity index (χ0n) is 12.3. The number of benzene rings is 1. The third kappa shape index (κ3) is 2.93. The molecular formula is C16H21N3O2. The van der Waals surface area contributed by atoms with Crippen molar-refractivity contribution >= 4 is 17.5 Å². The summed E-state index contributed by atoms with van der Waals surface area (Å²) >= 11 is 0. The summed E-state index contributed by atoms with van der Waals surface area (Å²) in [5.41, 5.74) is 2.46. The minimum atomic E-state index is 0.00230. The van der Waals surface area contributed by atoms with Gasteiger partial charge in [0, 0.05) is 24.3 Å². The summed E-state index contributed by atoms with van der Waals surface area (Å²) in [7, 11) is 1.97. The Bertz CT molecular complexity index is 563. The van der Waals surface area contributed by atoms with Crippen molar-refractivity contribution in [1.29, 1.82) is 0 Å². The first-order valence-electron chi connectivity index (χ1n) is 7.54. The number of carbonyl (C=O) groups is 2. The maximum Gasteiger partial charge on any atom is 0.253 e. The Kier molecular flexibility index (Phi) is 3.92. The van der Waals surface area contributed by atoms with E-state index < -0.39 is 0 Å². The Labute approximate surface area is 124 Å². The van der Waals surface area contributed by atoms with Gasteiger partial charge >= 0.3 is 0 Å². The number of nitrogens with one attached hydrogen (secondary N) is 2. The summed E-state index contributed by atoms with van der Waals surface area (Å²) in [6, 6.07) is 5.50. The van der Waals surface area contributed by atoms with Crippen LogP contribution in [-0.4, -0.2) is 43.4 Å². The third-order valence-corrected chi connectivity index (χ3v) is 4.37. The van der Waals surface area contributed by atoms with E-state index in [9.17, 15) is 9.59 Å². The second-order valence-corrected chi connectivity index (χ2v) is 5.89. The van der Waals surface area contributed by atoms with E-state index in [0.717, 1.165) is 43.7 Å². The summed E-state index contributed by atoms with van der Waals surface area (Å²) in [5, 5.41) is 6.00. The number of hydrogen-bond donors (Lipinski definition) is 2. The third-order valence-electron chi connectivity index (χ3n) is 4.37. The van der Waals surface area contributed by atoms with E-state index in [-0.39, 0.29) is 11.8 Å². The van der Waals surface area contributed by atoms with Crippen molar-refractivity contribution in [2.45, 2.75) is 19.3 Å². The molecule has 0 atom stereocenters. The number of likely N-dealkylation sites (tertiary alicyclic amines) is 1. The summed E-state index contributed by atoms with van der Waals surface area (Å²) in [5.74, 6) is 0.753. The lowest BCUT2D eigenvalue weighted by Gasteiger charge is -2.32. The van der Waals surface area contributed by atoms with Gasteiger partial charge in [-0.05, 0) is 56.1 Å². The molecule has 1 aromatic rings. The fourth-order valence-electron chi connectivity index (χ4n) is 3.17. The van der Waals surface area contributed by atoms with Gasteiger partial charge in [-0.15, -0.1) is 0 Å². The first-order chi connectivity index (χ1) is 10.2. The van der Waals surface area contributed by atoms with Crippen molar-refractivity contribution in [3.8, 4) is 0 Å². The molecule has 2 aliphatic rings. The van der Waals surface area contributed by atoms with E-state index in [1.807, 2.05) is 30.1 Å². The first kappa shape index (κ1) is 14.1. The number of hydrogen-bond acceptors (Lipinski definition) is 3. The quantitative estimate of drug-likeness (QED) is 0.879. The summed E-state index contributed by atoms with van der Waals surface area (Å²) in [6.07, 6.45) is 2.48. The molecule has 0 unspecified atom stereocenters. The van der Waals surface area contributed by atoms with Gasteiger partial charge in [0.1, 0.15) is 0 Å². The normalized spacial score (nSPS) is 18.5. The molecule has 0 aliphatic carbocycles. The van der Waals surface area contributed by atoms with Crippen LogP contribution in [0, 0.1) is 5.92 Å². The molecule has 0 aromatic heterocycles. The Morgan fingerprint density at radius 3 is 2.86 bits per heavy atom. The van der Waals surface area contributed by atoms with Crippen molar-refractivity contribution < 1.29 is 9.59 Å². The van der Waals surface area contributed by atoms with Gasteiger partial charge in [-0.25, -0.2) is 0 Å². The van der Waals surface area contributed by atoms with Crippen LogP contribution in [-0.2, 0) is 11.2 Å². The lowest BCUT2D eigenvalue weighted by molar-refractivity contribution is -0.115. The summed E-state index contributed by atoms with van der Waals surface area (Å²) < 4.78 is 0. The number of rotatable bonds is 3. The molecule has 2 heterocycles. The summed E-state index contributed by atoms with van der Waals surface area (Å²) in [6.45, 7) is 2.66. The Morgan fingerprint density at radius 1 is 1.38 bits per heavy atom. The fraction of sp³-hybridized carbons (Fsp3) is 0.500. The van der Waals surface area contributed by atoms with Crippen molar-refractivity contribution in [1.82, 2.24) is 10.2 Å². The minimum absolute atomic E-state index is 0.00230. The van der Waals surface area contributed by atoms with E-state index >= 15 is 0 Å². The smallest absolute Gasteiger partial charge is 0.253 e. The molecule has 0 saturated carbocycles. The number of fused-ring (bicyclic) bond motifs is 1. The maximum atomic E-state index is 12.6. The second-order valence-electron chi connectivity index (χ2n) is 5.89. The molecule has 3 rings (SSSR count). The van der Waals surface area contributed by atoms with Crippen molar-refractivity contribution in [3.63, 3.8) is 0 Å². The minimum Gasteiger partial charge on any atom is -0.339 e. The van der Waals surface area contributed by atoms with Crippen LogP contribution in [0.15, 0.2) is 18.2 Å². The molecule has 112 valence electrons. The highest BCUT2D eigenvalue weighted by Gasteiger charge is 2.25. The molecule has 0 spiro atoms. The molecule has 1 aromatic carbocycles. The maximum absolute atomic E-state index is 12.6. The number of piperidine rings is 1. The predicted octanol–water partition coefficient (Wildman–Crippen LogP) is 1.25. The van der Waals surface area contributed by atoms with Crippen molar-refractivity contribution in [2.75, 3.05) is 32.0 Å². The van der Waals surface area contributed by atoms with E-state index in [1.54, 1.807) is 0 Å². The molecule has 2 N–H and O–H groups in total. The number of nitrogens with zero attached hydrogens (tertiary/aromatic N) is 1. The topological polar surface area (TPSA) is 61.4 Å². The highest BCUT2D eigenvalue weighted by molar-refractivity contribution is 6.01. The van der Waals surface area contributed by atoms with Gasteiger partial charge in [0.05, 0.1) is 6.42 Å². The van der Waals surface area contributed by atoms with Gasteiger partial charge in [0.2, 0.25) is 5.91 Å². The van der Waals surface area contributed by atoms with E-state index in [2.05, 4.69) is 10.6 Å². The van der Waals surface area contributed by atoms with Crippen LogP contribution < -0.4 is 10.6 Å². The van der Waals surface area contributed by atoms with Crippen LogP contribution in [0.4, 0.5) is 5.69 Å². The van der Waals surface area contributed by atoms with Gasteiger partial charge in [-0.2, -0.15) is 0 Å². The molecule has 1 fully saturated rings. The van der Waals surface area contributed by atoms with Crippen LogP contribution in [0.25, 0.3) is 0 Å². The monoisotopic (exact) mass is 287 g/mol. The Hall–Kier alpha value is -1.88. The van der Waals surface area contributed by atoms with Gasteiger partial charge in [-0.1, -0.05) is 0 Å². The van der Waals surface area contributed by atoms with Crippen LogP contribution in [0.1, 0.15) is 28.8 Å². The van der Waals surface area contributed by atoms with Gasteiger partial charge in [0.25, 0.3) is 5.91 Å². The average Bonchev–Trinajstić information content (AvgIpc) is 2.86. The lowest BCUT2D eigenvalue weighted by Crippen LogP contribution is -2.40. The molecular weight excluding hydrogens is 266 g/mol. The SMILES string of the molecule is CNCC1CCN(C(=O)c2ccc3c(c2)CC(=O)N3)CC1. The number of anilines is 1. The standard InChI is InChI=1S/C16H21N3O2/c1-17-10-11-4-6-19(7-5-11)16(21)12-2-3-14-13(8-12)9-15(20)18-14/h2-3,8,11,17H,4-7,9-10H2,1H3,(H,18,20). The Morgan fingerprint density at radius 2 is 2.14 bits per heavy atom. The van der Waals surface area contributed by atoms with Gasteiger partial charge in [0.15, 0.2) is 0 Å². The van der Waals surface area contributed by atoms with Crippen LogP contribution in [0.5, 0.6) is 0 Å². The van der Waals surface area contributed by atoms with Gasteiger partial charge in [-0.3, -0.25) is 9.59 Å². The van der Waals surface area contributed by atoms with E-state index in [1.165, 1.54) is 0 Å². The average molecular weight is 287 g/mol. The molecule has 5 heteroatoms. The molecule has 0 bridgehead atoms. The fourth-order valence-corrected chi connectivity index (χ4v) is 3.17. The van der Waals surface area contributed by atoms with Crippen molar-refractivity contribution in [3.05, 3.63) is 29.3 Å². The van der Waals surface area contributed by atoms with Crippen LogP contribution in [0.2, 0.25) is 0 Å². The van der Waals surface area contributed by atoms with E-state index in [4.69, 9.17) is 0 Å². The number of amides is 2. The summed E-state index contributed by atoms with van der Waals surface area (Å²) in [4.78, 5) is 25.8. The van der Waals surface area contributed by atoms with Gasteiger partial charge < -0.3 is 15.5 Å². The zero-order chi connectivity index (χ0) is 14.8. The van der Waals surface area contributed by atoms with E-state index in [0.29, 0.717) is 17.9 Å². The predicted molar refractivity (Wildman–Crippen MR) is 81.3 cm³/mol. The Balaban J connectivity index is 1.67. The van der Waals surface area contributed by atoms with Crippen molar-refractivity contribution in [2.24, 2.45) is 5.92 Å². The van der Waals surface area contributed by atoms with Crippen LogP contribution in [0.3, 0.4) is 0 Å². The highest BCUT2D eigenvalue weighted by atomic mass is 16.2. The first-order valence-corrected chi connectivity index (χ1v) is 7.54. The van der Waals surface area contributed by atoms with Crippen LogP contribution >= 0.6 is 0 Å². The molecule has 5 nitrogen and oxygen atoms in total.